The van der Waals surface area contributed by atoms with Crippen molar-refractivity contribution >= 4 is 23.2 Å². The molecular weight excluding hydrogens is 501 g/mol. The molecule has 2 aliphatic heterocycles. The van der Waals surface area contributed by atoms with E-state index in [-0.39, 0.29) is 17.6 Å². The molecule has 5 rings (SSSR count). The molecule has 1 aliphatic carbocycles. The van der Waals surface area contributed by atoms with Crippen molar-refractivity contribution in [2.45, 2.75) is 25.9 Å². The summed E-state index contributed by atoms with van der Waals surface area (Å²) in [4.78, 5) is 29.2. The van der Waals surface area contributed by atoms with Crippen LogP contribution in [0.5, 0.6) is 5.75 Å². The Hall–Kier alpha value is -4.05. The Morgan fingerprint density at radius 2 is 1.92 bits per heavy atom. The number of allylic oxidation sites excluding steroid dienone is 2. The molecule has 3 aliphatic rings. The van der Waals surface area contributed by atoms with Crippen LogP contribution >= 0.6 is 0 Å². The highest BCUT2D eigenvalue weighted by Gasteiger charge is 2.34. The second kappa shape index (κ2) is 12.2. The zero-order valence-corrected chi connectivity index (χ0v) is 21.9. The highest BCUT2D eigenvalue weighted by molar-refractivity contribution is 6.04. The molecule has 1 saturated carbocycles. The van der Waals surface area contributed by atoms with E-state index >= 15 is 0 Å². The second-order valence-corrected chi connectivity index (χ2v) is 9.84. The first-order valence-electron chi connectivity index (χ1n) is 13.2. The van der Waals surface area contributed by atoms with Gasteiger partial charge in [-0.1, -0.05) is 6.07 Å². The topological polar surface area (TPSA) is 95.8 Å². The van der Waals surface area contributed by atoms with Gasteiger partial charge in [-0.2, -0.15) is 5.11 Å². The maximum atomic E-state index is 13.6. The van der Waals surface area contributed by atoms with Crippen LogP contribution < -0.4 is 10.1 Å². The summed E-state index contributed by atoms with van der Waals surface area (Å²) in [6.45, 7) is 6.15. The fraction of sp³-hybridized carbons (Fsp3) is 0.379. The van der Waals surface area contributed by atoms with Crippen molar-refractivity contribution in [2.24, 2.45) is 16.1 Å². The van der Waals surface area contributed by atoms with Gasteiger partial charge in [-0.25, -0.2) is 4.39 Å². The van der Waals surface area contributed by atoms with Crippen molar-refractivity contribution in [1.29, 1.82) is 0 Å². The number of halogens is 1. The number of ether oxygens (including phenoxy) is 2. The average molecular weight is 534 g/mol. The van der Waals surface area contributed by atoms with Crippen LogP contribution in [0, 0.1) is 11.7 Å². The van der Waals surface area contributed by atoms with Crippen LogP contribution in [0.25, 0.3) is 0 Å². The summed E-state index contributed by atoms with van der Waals surface area (Å²) >= 11 is 0. The highest BCUT2D eigenvalue weighted by atomic mass is 19.1. The first-order valence-corrected chi connectivity index (χ1v) is 13.2. The van der Waals surface area contributed by atoms with Gasteiger partial charge >= 0.3 is 0 Å². The summed E-state index contributed by atoms with van der Waals surface area (Å²) < 4.78 is 25.1. The molecule has 2 fully saturated rings. The molecule has 1 N–H and O–H groups in total. The number of nitrogens with zero attached hydrogens (tertiary/aromatic N) is 4. The predicted octanol–water partition coefficient (Wildman–Crippen LogP) is 4.91. The Morgan fingerprint density at radius 3 is 2.67 bits per heavy atom. The molecule has 1 unspecified atom stereocenters. The first kappa shape index (κ1) is 26.6. The second-order valence-electron chi connectivity index (χ2n) is 9.84. The van der Waals surface area contributed by atoms with Crippen molar-refractivity contribution in [3.63, 3.8) is 0 Å². The third kappa shape index (κ3) is 7.08. The Bertz CT molecular complexity index is 1300. The van der Waals surface area contributed by atoms with Crippen molar-refractivity contribution in [2.75, 3.05) is 44.6 Å². The maximum absolute atomic E-state index is 13.6. The Kier molecular flexibility index (Phi) is 8.31. The molecule has 0 bridgehead atoms. The molecule has 2 amide bonds. The fourth-order valence-corrected chi connectivity index (χ4v) is 4.43. The van der Waals surface area contributed by atoms with Crippen molar-refractivity contribution in [3.8, 4) is 5.75 Å². The molecule has 0 radical (unpaired) electrons. The van der Waals surface area contributed by atoms with Gasteiger partial charge < -0.3 is 19.7 Å². The number of rotatable bonds is 9. The number of hydrogen-bond donors (Lipinski definition) is 1. The SMILES string of the molecule is CC1OC=CC=C1N=Nc1cc(NC(=O)c2cccc(F)c2)ccc1OCCN1CCN(C(=O)C2CC2)CC1. The van der Waals surface area contributed by atoms with Crippen LogP contribution in [0.3, 0.4) is 0 Å². The fourth-order valence-electron chi connectivity index (χ4n) is 4.43. The van der Waals surface area contributed by atoms with Gasteiger partial charge in [-0.15, -0.1) is 5.11 Å². The maximum Gasteiger partial charge on any atom is 0.255 e. The molecule has 2 aromatic carbocycles. The zero-order chi connectivity index (χ0) is 27.2. The summed E-state index contributed by atoms with van der Waals surface area (Å²) in [5, 5.41) is 11.5. The summed E-state index contributed by atoms with van der Waals surface area (Å²) in [7, 11) is 0. The Morgan fingerprint density at radius 1 is 1.10 bits per heavy atom. The van der Waals surface area contributed by atoms with Crippen molar-refractivity contribution in [1.82, 2.24) is 9.80 Å². The Labute approximate surface area is 227 Å². The summed E-state index contributed by atoms with van der Waals surface area (Å²) in [5.74, 6) is 0.152. The number of hydrogen-bond acceptors (Lipinski definition) is 7. The van der Waals surface area contributed by atoms with E-state index in [1.807, 2.05) is 17.9 Å². The quantitative estimate of drug-likeness (QED) is 0.462. The zero-order valence-electron chi connectivity index (χ0n) is 21.9. The van der Waals surface area contributed by atoms with Gasteiger partial charge in [-0.05, 0) is 68.3 Å². The molecule has 204 valence electrons. The largest absolute Gasteiger partial charge is 0.492 e. The molecule has 1 atom stereocenters. The van der Waals surface area contributed by atoms with Gasteiger partial charge in [0, 0.05) is 49.9 Å². The third-order valence-corrected chi connectivity index (χ3v) is 6.90. The number of nitrogens with one attached hydrogen (secondary N) is 1. The third-order valence-electron chi connectivity index (χ3n) is 6.90. The van der Waals surface area contributed by atoms with Gasteiger partial charge in [0.2, 0.25) is 5.91 Å². The minimum Gasteiger partial charge on any atom is -0.492 e. The lowest BCUT2D eigenvalue weighted by atomic mass is 10.2. The van der Waals surface area contributed by atoms with E-state index in [0.717, 1.165) is 39.0 Å². The molecule has 2 heterocycles. The number of amides is 2. The van der Waals surface area contributed by atoms with Gasteiger partial charge in [0.15, 0.2) is 0 Å². The van der Waals surface area contributed by atoms with E-state index in [2.05, 4.69) is 20.4 Å². The number of carbonyl (C=O) groups is 2. The van der Waals surface area contributed by atoms with E-state index in [1.165, 1.54) is 18.2 Å². The molecule has 0 spiro atoms. The molecular formula is C29H32FN5O4. The lowest BCUT2D eigenvalue weighted by Gasteiger charge is -2.34. The molecule has 39 heavy (non-hydrogen) atoms. The highest BCUT2D eigenvalue weighted by Crippen LogP contribution is 2.33. The van der Waals surface area contributed by atoms with Gasteiger partial charge in [0.05, 0.1) is 6.26 Å². The van der Waals surface area contributed by atoms with Crippen LogP contribution in [0.15, 0.2) is 76.8 Å². The van der Waals surface area contributed by atoms with Crippen LogP contribution in [0.4, 0.5) is 15.8 Å². The number of benzene rings is 2. The van der Waals surface area contributed by atoms with Gasteiger partial charge in [-0.3, -0.25) is 14.5 Å². The van der Waals surface area contributed by atoms with Crippen LogP contribution in [-0.2, 0) is 9.53 Å². The van der Waals surface area contributed by atoms with E-state index < -0.39 is 11.7 Å². The predicted molar refractivity (Wildman–Crippen MR) is 144 cm³/mol. The van der Waals surface area contributed by atoms with E-state index in [0.29, 0.717) is 41.9 Å². The van der Waals surface area contributed by atoms with E-state index in [9.17, 15) is 14.0 Å². The Balaban J connectivity index is 1.23. The summed E-state index contributed by atoms with van der Waals surface area (Å²) in [6.07, 6.45) is 6.98. The normalized spacial score (nSPS) is 19.5. The number of piperazine rings is 1. The minimum absolute atomic E-state index is 0.211. The first-order chi connectivity index (χ1) is 19.0. The van der Waals surface area contributed by atoms with Gasteiger partial charge in [0.1, 0.15) is 35.7 Å². The number of carbonyl (C=O) groups excluding carboxylic acids is 2. The average Bonchev–Trinajstić information content (AvgIpc) is 3.79. The van der Waals surface area contributed by atoms with Crippen LogP contribution in [-0.4, -0.2) is 67.0 Å². The molecule has 0 aromatic heterocycles. The molecule has 9 nitrogen and oxygen atoms in total. The minimum atomic E-state index is -0.483. The number of azo groups is 1. The lowest BCUT2D eigenvalue weighted by Crippen LogP contribution is -2.50. The van der Waals surface area contributed by atoms with Crippen molar-refractivity contribution in [3.05, 3.63) is 78.0 Å². The summed E-state index contributed by atoms with van der Waals surface area (Å²) in [6, 6.07) is 10.6. The monoisotopic (exact) mass is 533 g/mol. The lowest BCUT2D eigenvalue weighted by molar-refractivity contribution is -0.134. The molecule has 2 aromatic rings. The summed E-state index contributed by atoms with van der Waals surface area (Å²) in [5.41, 5.74) is 1.78. The van der Waals surface area contributed by atoms with Crippen molar-refractivity contribution < 1.29 is 23.5 Å². The standard InChI is InChI=1S/C29H32FN5O4/c1-20-25(6-3-16-38-20)32-33-26-19-24(31-28(36)22-4-2-5-23(30)18-22)9-10-27(26)39-17-15-34-11-13-35(14-12-34)29(37)21-7-8-21/h2-6,9-10,16,18-21H,7-8,11-15,17H2,1H3,(H,31,36). The van der Waals surface area contributed by atoms with E-state index in [4.69, 9.17) is 9.47 Å². The number of anilines is 1. The van der Waals surface area contributed by atoms with E-state index in [1.54, 1.807) is 36.6 Å². The smallest absolute Gasteiger partial charge is 0.255 e. The molecule has 1 saturated heterocycles. The van der Waals surface area contributed by atoms with Crippen LogP contribution in [0.2, 0.25) is 0 Å². The van der Waals surface area contributed by atoms with Gasteiger partial charge in [0.25, 0.3) is 5.91 Å². The molecule has 10 heteroatoms. The van der Waals surface area contributed by atoms with Crippen LogP contribution in [0.1, 0.15) is 30.1 Å².